The third-order valence-corrected chi connectivity index (χ3v) is 6.66. The van der Waals surface area contributed by atoms with Crippen molar-refractivity contribution in [2.75, 3.05) is 0 Å². The van der Waals surface area contributed by atoms with Crippen LogP contribution in [-0.2, 0) is 14.4 Å². The summed E-state index contributed by atoms with van der Waals surface area (Å²) in [6.45, 7) is 5.09. The van der Waals surface area contributed by atoms with Crippen molar-refractivity contribution in [2.24, 2.45) is 5.73 Å². The fourth-order valence-corrected chi connectivity index (χ4v) is 5.14. The third kappa shape index (κ3) is 2.66. The van der Waals surface area contributed by atoms with Crippen LogP contribution in [0.15, 0.2) is 24.3 Å². The predicted octanol–water partition coefficient (Wildman–Crippen LogP) is 0.847. The first-order chi connectivity index (χ1) is 12.0. The molecule has 2 aliphatic rings. The number of fused-ring (bicyclic) bond motifs is 1. The summed E-state index contributed by atoms with van der Waals surface area (Å²) in [6.07, 6.45) is 0. The second-order valence-electron chi connectivity index (χ2n) is 7.25. The molecule has 0 saturated carbocycles. The van der Waals surface area contributed by atoms with Gasteiger partial charge < -0.3 is 21.1 Å². The molecule has 140 valence electrons. The number of benzene rings is 1. The maximum Gasteiger partial charge on any atom is 0.327 e. The molecule has 0 aromatic heterocycles. The Morgan fingerprint density at radius 3 is 2.42 bits per heavy atom. The Bertz CT molecular complexity index is 785. The summed E-state index contributed by atoms with van der Waals surface area (Å²) in [5.41, 5.74) is 5.11. The number of hydrogen-bond acceptors (Lipinski definition) is 5. The van der Waals surface area contributed by atoms with E-state index in [4.69, 9.17) is 5.73 Å². The number of aliphatic carboxylic acids is 1. The van der Waals surface area contributed by atoms with Crippen LogP contribution in [0.4, 0.5) is 4.39 Å². The molecule has 2 saturated heterocycles. The first kappa shape index (κ1) is 18.7. The second kappa shape index (κ2) is 5.95. The summed E-state index contributed by atoms with van der Waals surface area (Å²) < 4.78 is 12.3. The molecule has 26 heavy (non-hydrogen) atoms. The Kier molecular flexibility index (Phi) is 4.27. The number of thioether (sulfide) groups is 1. The van der Waals surface area contributed by atoms with Gasteiger partial charge in [0.15, 0.2) is 0 Å². The number of carboxylic acid groups (broad SMARTS) is 1. The Hall–Kier alpha value is -2.13. The summed E-state index contributed by atoms with van der Waals surface area (Å²) in [4.78, 5) is 38.0. The molecular formula is C17H20FN3O4S. The van der Waals surface area contributed by atoms with Crippen LogP contribution in [-0.4, -0.2) is 49.5 Å². The Balaban J connectivity index is 1.78. The van der Waals surface area contributed by atoms with Gasteiger partial charge in [-0.1, -0.05) is 12.1 Å². The molecule has 7 nitrogen and oxygen atoms in total. The summed E-state index contributed by atoms with van der Waals surface area (Å²) in [7, 11) is 0. The van der Waals surface area contributed by atoms with Crippen LogP contribution >= 0.6 is 11.8 Å². The molecule has 0 aliphatic carbocycles. The van der Waals surface area contributed by atoms with Gasteiger partial charge in [-0.05, 0) is 38.5 Å². The highest BCUT2D eigenvalue weighted by Crippen LogP contribution is 2.54. The van der Waals surface area contributed by atoms with Gasteiger partial charge in [0.2, 0.25) is 5.91 Å². The maximum atomic E-state index is 13.0. The quantitative estimate of drug-likeness (QED) is 0.667. The number of β-lactam (4-membered cyclic amide) rings is 1. The maximum absolute atomic E-state index is 13.0. The van der Waals surface area contributed by atoms with Crippen molar-refractivity contribution in [3.05, 3.63) is 35.6 Å². The number of hydrogen-bond donors (Lipinski definition) is 3. The molecule has 1 unspecified atom stereocenters. The number of halogens is 1. The lowest BCUT2D eigenvalue weighted by molar-refractivity contribution is -0.168. The van der Waals surface area contributed by atoms with Crippen LogP contribution in [0.2, 0.25) is 0 Å². The number of rotatable bonds is 4. The van der Waals surface area contributed by atoms with E-state index >= 15 is 0 Å². The van der Waals surface area contributed by atoms with Gasteiger partial charge >= 0.3 is 5.97 Å². The van der Waals surface area contributed by atoms with Crippen molar-refractivity contribution in [3.63, 3.8) is 0 Å². The molecule has 4 atom stereocenters. The van der Waals surface area contributed by atoms with Crippen LogP contribution in [0.25, 0.3) is 0 Å². The summed E-state index contributed by atoms with van der Waals surface area (Å²) in [6, 6.07) is 3.19. The summed E-state index contributed by atoms with van der Waals surface area (Å²) in [5.74, 6) is -2.55. The van der Waals surface area contributed by atoms with Gasteiger partial charge in [-0.3, -0.25) is 9.59 Å². The normalized spacial score (nSPS) is 30.3. The van der Waals surface area contributed by atoms with Gasteiger partial charge in [0.25, 0.3) is 5.91 Å². The highest BCUT2D eigenvalue weighted by Gasteiger charge is 2.70. The van der Waals surface area contributed by atoms with Crippen molar-refractivity contribution >= 4 is 29.5 Å². The highest BCUT2D eigenvalue weighted by atomic mass is 32.2. The molecule has 2 amide bonds. The number of nitrogens with two attached hydrogens (primary N) is 1. The van der Waals surface area contributed by atoms with Gasteiger partial charge in [-0.2, -0.15) is 0 Å². The third-order valence-electron chi connectivity index (χ3n) is 4.91. The molecule has 4 N–H and O–H groups in total. The first-order valence-electron chi connectivity index (χ1n) is 8.05. The van der Waals surface area contributed by atoms with Crippen molar-refractivity contribution in [1.29, 1.82) is 0 Å². The Morgan fingerprint density at radius 2 is 1.88 bits per heavy atom. The minimum Gasteiger partial charge on any atom is -0.480 e. The number of carboxylic acids is 1. The lowest BCUT2D eigenvalue weighted by atomic mass is 9.85. The topological polar surface area (TPSA) is 113 Å². The first-order valence-corrected chi connectivity index (χ1v) is 8.93. The van der Waals surface area contributed by atoms with E-state index in [0.29, 0.717) is 5.56 Å². The molecule has 0 bridgehead atoms. The SMILES string of the molecule is CC1(C)S[C@H]2N(C(=O)[C@]2(C)NC(=O)C(N)c2ccc(F)cc2)[C@H]1C(=O)O. The molecule has 3 rings (SSSR count). The number of carbonyl (C=O) groups is 3. The van der Waals surface area contributed by atoms with Crippen molar-refractivity contribution in [1.82, 2.24) is 10.2 Å². The van der Waals surface area contributed by atoms with Gasteiger partial charge in [0, 0.05) is 4.75 Å². The van der Waals surface area contributed by atoms with E-state index < -0.39 is 51.3 Å². The zero-order valence-corrected chi connectivity index (χ0v) is 15.3. The van der Waals surface area contributed by atoms with Gasteiger partial charge in [0.05, 0.1) is 0 Å². The van der Waals surface area contributed by atoms with E-state index in [2.05, 4.69) is 5.32 Å². The van der Waals surface area contributed by atoms with Gasteiger partial charge in [-0.25, -0.2) is 9.18 Å². The average molecular weight is 381 g/mol. The molecule has 1 aromatic carbocycles. The lowest BCUT2D eigenvalue weighted by Crippen LogP contribution is -2.78. The standard InChI is InChI=1S/C17H20FN3O4S/c1-16(2)11(13(23)24)21-14(25)17(3,15(21)26-16)20-12(22)10(19)8-4-6-9(18)7-5-8/h4-7,10-11,15H,19H2,1-3H3,(H,20,22)(H,23,24)/t10?,11-,15+,17-/m0/s1. The van der Waals surface area contributed by atoms with Crippen LogP contribution in [0.3, 0.4) is 0 Å². The smallest absolute Gasteiger partial charge is 0.327 e. The Morgan fingerprint density at radius 1 is 1.31 bits per heavy atom. The molecule has 2 aliphatic heterocycles. The molecule has 9 heteroatoms. The summed E-state index contributed by atoms with van der Waals surface area (Å²) >= 11 is 1.34. The number of nitrogens with zero attached hydrogens (tertiary/aromatic N) is 1. The molecular weight excluding hydrogens is 361 g/mol. The number of amides is 2. The Labute approximate surface area is 154 Å². The van der Waals surface area contributed by atoms with Crippen LogP contribution in [0, 0.1) is 5.82 Å². The van der Waals surface area contributed by atoms with Crippen LogP contribution < -0.4 is 11.1 Å². The summed E-state index contributed by atoms with van der Waals surface area (Å²) in [5, 5.41) is 11.6. The molecule has 0 radical (unpaired) electrons. The lowest BCUT2D eigenvalue weighted by Gasteiger charge is -2.51. The van der Waals surface area contributed by atoms with Crippen molar-refractivity contribution in [2.45, 2.75) is 48.5 Å². The zero-order chi connectivity index (χ0) is 19.4. The molecule has 2 fully saturated rings. The van der Waals surface area contributed by atoms with E-state index in [-0.39, 0.29) is 0 Å². The second-order valence-corrected chi connectivity index (χ2v) is 8.98. The molecule has 1 aromatic rings. The van der Waals surface area contributed by atoms with Gasteiger partial charge in [-0.15, -0.1) is 11.8 Å². The van der Waals surface area contributed by atoms with Crippen LogP contribution in [0.5, 0.6) is 0 Å². The highest BCUT2D eigenvalue weighted by molar-refractivity contribution is 8.01. The fourth-order valence-electron chi connectivity index (χ4n) is 3.49. The van der Waals surface area contributed by atoms with E-state index in [1.807, 2.05) is 0 Å². The monoisotopic (exact) mass is 381 g/mol. The van der Waals surface area contributed by atoms with E-state index in [0.717, 1.165) is 0 Å². The van der Waals surface area contributed by atoms with E-state index in [9.17, 15) is 23.9 Å². The van der Waals surface area contributed by atoms with Gasteiger partial charge in [0.1, 0.15) is 28.8 Å². The van der Waals surface area contributed by atoms with E-state index in [1.54, 1.807) is 20.8 Å². The molecule has 0 spiro atoms. The molecule has 2 heterocycles. The number of carbonyl (C=O) groups excluding carboxylic acids is 2. The minimum absolute atomic E-state index is 0.416. The average Bonchev–Trinajstić information content (AvgIpc) is 2.84. The number of nitrogens with one attached hydrogen (secondary N) is 1. The van der Waals surface area contributed by atoms with Crippen molar-refractivity contribution in [3.8, 4) is 0 Å². The minimum atomic E-state index is -1.24. The fraction of sp³-hybridized carbons (Fsp3) is 0.471. The van der Waals surface area contributed by atoms with Crippen molar-refractivity contribution < 1.29 is 23.9 Å². The van der Waals surface area contributed by atoms with Crippen LogP contribution in [0.1, 0.15) is 32.4 Å². The predicted molar refractivity (Wildman–Crippen MR) is 93.6 cm³/mol. The van der Waals surface area contributed by atoms with E-state index in [1.165, 1.54) is 40.9 Å². The largest absolute Gasteiger partial charge is 0.480 e. The zero-order valence-electron chi connectivity index (χ0n) is 14.5.